The maximum absolute atomic E-state index is 12.2. The van der Waals surface area contributed by atoms with E-state index in [0.29, 0.717) is 45.1 Å². The van der Waals surface area contributed by atoms with E-state index in [1.807, 2.05) is 0 Å². The highest BCUT2D eigenvalue weighted by Crippen LogP contribution is 2.09. The summed E-state index contributed by atoms with van der Waals surface area (Å²) in [4.78, 5) is 27.4. The topological polar surface area (TPSA) is 75.9 Å². The Kier molecular flexibility index (Phi) is 7.50. The Hall–Kier alpha value is -1.30. The molecule has 1 saturated heterocycles. The van der Waals surface area contributed by atoms with Crippen LogP contribution in [0.25, 0.3) is 0 Å². The van der Waals surface area contributed by atoms with Crippen molar-refractivity contribution in [2.45, 2.75) is 46.1 Å². The molecule has 1 atom stereocenters. The van der Waals surface area contributed by atoms with Crippen molar-refractivity contribution in [3.8, 4) is 0 Å². The van der Waals surface area contributed by atoms with Crippen molar-refractivity contribution < 1.29 is 14.3 Å². The van der Waals surface area contributed by atoms with Gasteiger partial charge in [-0.15, -0.1) is 0 Å². The highest BCUT2D eigenvalue weighted by Gasteiger charge is 2.27. The fourth-order valence-electron chi connectivity index (χ4n) is 2.35. The van der Waals surface area contributed by atoms with Gasteiger partial charge in [0.1, 0.15) is 0 Å². The highest BCUT2D eigenvalue weighted by molar-refractivity contribution is 5.82. The highest BCUT2D eigenvalue weighted by atomic mass is 16.6. The van der Waals surface area contributed by atoms with Crippen molar-refractivity contribution in [1.82, 2.24) is 9.80 Å². The van der Waals surface area contributed by atoms with Gasteiger partial charge < -0.3 is 20.3 Å². The average Bonchev–Trinajstić information content (AvgIpc) is 2.46. The van der Waals surface area contributed by atoms with E-state index in [1.54, 1.807) is 9.80 Å². The number of piperazine rings is 1. The molecule has 2 N–H and O–H groups in total. The van der Waals surface area contributed by atoms with Crippen molar-refractivity contribution in [1.29, 1.82) is 0 Å². The number of hydrogen-bond acceptors (Lipinski definition) is 4. The molecule has 0 bridgehead atoms. The number of rotatable bonds is 6. The smallest absolute Gasteiger partial charge is 0.409 e. The maximum atomic E-state index is 12.2. The zero-order chi connectivity index (χ0) is 15.8. The molecule has 6 heteroatoms. The number of ether oxygens (including phenoxy) is 1. The lowest BCUT2D eigenvalue weighted by atomic mass is 10.0. The van der Waals surface area contributed by atoms with Crippen LogP contribution in [0.3, 0.4) is 0 Å². The quantitative estimate of drug-likeness (QED) is 0.753. The molecular formula is C15H29N3O3. The standard InChI is InChI=1S/C15H29N3O3/c1-4-5-10-21-15(20)18-8-6-17(7-9-18)14(19)13(16)11-12(2)3/h12-13H,4-11,16H2,1-3H3. The molecule has 0 aromatic rings. The molecular weight excluding hydrogens is 270 g/mol. The van der Waals surface area contributed by atoms with Gasteiger partial charge in [0.25, 0.3) is 0 Å². The van der Waals surface area contributed by atoms with E-state index in [2.05, 4.69) is 20.8 Å². The number of nitrogens with zero attached hydrogens (tertiary/aromatic N) is 2. The summed E-state index contributed by atoms with van der Waals surface area (Å²) in [6.07, 6.45) is 2.30. The number of nitrogens with two attached hydrogens (primary N) is 1. The van der Waals surface area contributed by atoms with Gasteiger partial charge in [-0.25, -0.2) is 4.79 Å². The fraction of sp³-hybridized carbons (Fsp3) is 0.867. The first-order chi connectivity index (χ1) is 9.95. The summed E-state index contributed by atoms with van der Waals surface area (Å²) >= 11 is 0. The van der Waals surface area contributed by atoms with E-state index in [-0.39, 0.29) is 12.0 Å². The predicted molar refractivity (Wildman–Crippen MR) is 81.8 cm³/mol. The van der Waals surface area contributed by atoms with Crippen LogP contribution in [-0.4, -0.2) is 60.6 Å². The van der Waals surface area contributed by atoms with E-state index in [4.69, 9.17) is 10.5 Å². The summed E-state index contributed by atoms with van der Waals surface area (Å²) in [5, 5.41) is 0. The SMILES string of the molecule is CCCCOC(=O)N1CCN(C(=O)C(N)CC(C)C)CC1. The van der Waals surface area contributed by atoms with Crippen molar-refractivity contribution in [2.75, 3.05) is 32.8 Å². The normalized spacial score (nSPS) is 17.0. The third-order valence-electron chi connectivity index (χ3n) is 3.62. The fourth-order valence-corrected chi connectivity index (χ4v) is 2.35. The monoisotopic (exact) mass is 299 g/mol. The van der Waals surface area contributed by atoms with Crippen LogP contribution in [0.1, 0.15) is 40.0 Å². The molecule has 2 amide bonds. The molecule has 1 fully saturated rings. The van der Waals surface area contributed by atoms with Crippen LogP contribution in [0.15, 0.2) is 0 Å². The van der Waals surface area contributed by atoms with Gasteiger partial charge in [0.05, 0.1) is 12.6 Å². The minimum atomic E-state index is -0.437. The molecule has 21 heavy (non-hydrogen) atoms. The van der Waals surface area contributed by atoms with Crippen LogP contribution in [0, 0.1) is 5.92 Å². The maximum Gasteiger partial charge on any atom is 0.409 e. The first kappa shape index (κ1) is 17.8. The minimum absolute atomic E-state index is 0.0114. The third-order valence-corrected chi connectivity index (χ3v) is 3.62. The molecule has 122 valence electrons. The first-order valence-corrected chi connectivity index (χ1v) is 7.91. The molecule has 1 aliphatic rings. The molecule has 0 radical (unpaired) electrons. The minimum Gasteiger partial charge on any atom is -0.449 e. The molecule has 0 saturated carbocycles. The molecule has 1 rings (SSSR count). The van der Waals surface area contributed by atoms with E-state index in [9.17, 15) is 9.59 Å². The molecule has 1 unspecified atom stereocenters. The van der Waals surface area contributed by atoms with Crippen molar-refractivity contribution in [3.05, 3.63) is 0 Å². The molecule has 0 aromatic heterocycles. The van der Waals surface area contributed by atoms with Crippen LogP contribution in [-0.2, 0) is 9.53 Å². The Morgan fingerprint density at radius 2 is 1.71 bits per heavy atom. The second-order valence-corrected chi connectivity index (χ2v) is 6.02. The van der Waals surface area contributed by atoms with Gasteiger partial charge in [0, 0.05) is 26.2 Å². The van der Waals surface area contributed by atoms with Crippen LogP contribution < -0.4 is 5.73 Å². The van der Waals surface area contributed by atoms with Crippen molar-refractivity contribution in [3.63, 3.8) is 0 Å². The Labute approximate surface area is 127 Å². The van der Waals surface area contributed by atoms with Gasteiger partial charge in [-0.1, -0.05) is 27.2 Å². The lowest BCUT2D eigenvalue weighted by Gasteiger charge is -2.35. The Balaban J connectivity index is 2.34. The van der Waals surface area contributed by atoms with Gasteiger partial charge in [-0.05, 0) is 18.8 Å². The van der Waals surface area contributed by atoms with Gasteiger partial charge in [-0.2, -0.15) is 0 Å². The lowest BCUT2D eigenvalue weighted by Crippen LogP contribution is -2.54. The molecule has 6 nitrogen and oxygen atoms in total. The van der Waals surface area contributed by atoms with Crippen LogP contribution >= 0.6 is 0 Å². The summed E-state index contributed by atoms with van der Waals surface area (Å²) in [6.45, 7) is 8.73. The Bertz CT molecular complexity index is 339. The second kappa shape index (κ2) is 8.87. The number of amides is 2. The van der Waals surface area contributed by atoms with Gasteiger partial charge in [-0.3, -0.25) is 4.79 Å². The predicted octanol–water partition coefficient (Wildman–Crippen LogP) is 1.44. The summed E-state index contributed by atoms with van der Waals surface area (Å²) in [6, 6.07) is -0.437. The first-order valence-electron chi connectivity index (χ1n) is 7.91. The zero-order valence-corrected chi connectivity index (χ0v) is 13.5. The van der Waals surface area contributed by atoms with Crippen LogP contribution in [0.5, 0.6) is 0 Å². The zero-order valence-electron chi connectivity index (χ0n) is 13.5. The Morgan fingerprint density at radius 1 is 1.14 bits per heavy atom. The largest absolute Gasteiger partial charge is 0.449 e. The number of carbonyl (C=O) groups excluding carboxylic acids is 2. The lowest BCUT2D eigenvalue weighted by molar-refractivity contribution is -0.134. The molecule has 0 aromatic carbocycles. The molecule has 0 spiro atoms. The Morgan fingerprint density at radius 3 is 2.24 bits per heavy atom. The van der Waals surface area contributed by atoms with E-state index in [1.165, 1.54) is 0 Å². The number of carbonyl (C=O) groups is 2. The van der Waals surface area contributed by atoms with Crippen LogP contribution in [0.4, 0.5) is 4.79 Å². The van der Waals surface area contributed by atoms with Crippen molar-refractivity contribution in [2.24, 2.45) is 11.7 Å². The number of hydrogen-bond donors (Lipinski definition) is 1. The molecule has 1 heterocycles. The summed E-state index contributed by atoms with van der Waals surface area (Å²) < 4.78 is 5.18. The second-order valence-electron chi connectivity index (χ2n) is 6.02. The van der Waals surface area contributed by atoms with E-state index >= 15 is 0 Å². The molecule has 1 aliphatic heterocycles. The average molecular weight is 299 g/mol. The number of unbranched alkanes of at least 4 members (excludes halogenated alkanes) is 1. The summed E-state index contributed by atoms with van der Waals surface area (Å²) in [5.41, 5.74) is 5.93. The third kappa shape index (κ3) is 5.91. The summed E-state index contributed by atoms with van der Waals surface area (Å²) in [5.74, 6) is 0.390. The van der Waals surface area contributed by atoms with Gasteiger partial charge >= 0.3 is 6.09 Å². The van der Waals surface area contributed by atoms with Crippen LogP contribution in [0.2, 0.25) is 0 Å². The molecule has 0 aliphatic carbocycles. The van der Waals surface area contributed by atoms with E-state index < -0.39 is 6.04 Å². The summed E-state index contributed by atoms with van der Waals surface area (Å²) in [7, 11) is 0. The van der Waals surface area contributed by atoms with Gasteiger partial charge in [0.15, 0.2) is 0 Å². The van der Waals surface area contributed by atoms with Crippen molar-refractivity contribution >= 4 is 12.0 Å². The van der Waals surface area contributed by atoms with E-state index in [0.717, 1.165) is 12.8 Å². The van der Waals surface area contributed by atoms with Gasteiger partial charge in [0.2, 0.25) is 5.91 Å².